The number of benzene rings is 1. The molecule has 1 aliphatic carbocycles. The molecular weight excluding hydrogens is 525 g/mol. The van der Waals surface area contributed by atoms with E-state index in [4.69, 9.17) is 9.47 Å². The fourth-order valence-electron chi connectivity index (χ4n) is 3.36. The second kappa shape index (κ2) is 13.3. The summed E-state index contributed by atoms with van der Waals surface area (Å²) in [6, 6.07) is 8.16. The van der Waals surface area contributed by atoms with Gasteiger partial charge >= 0.3 is 6.09 Å². The zero-order valence-corrected chi connectivity index (χ0v) is 21.2. The van der Waals surface area contributed by atoms with Crippen LogP contribution in [0.3, 0.4) is 0 Å². The van der Waals surface area contributed by atoms with Crippen LogP contribution in [0.25, 0.3) is 0 Å². The molecule has 2 amide bonds. The van der Waals surface area contributed by atoms with Gasteiger partial charge in [-0.05, 0) is 43.9 Å². The molecule has 178 valence electrons. The summed E-state index contributed by atoms with van der Waals surface area (Å²) >= 11 is 0. The largest absolute Gasteiger partial charge is 0.484 e. The summed E-state index contributed by atoms with van der Waals surface area (Å²) in [6.45, 7) is 5.70. The number of piperazine rings is 1. The molecule has 2 N–H and O–H groups in total. The normalized spacial score (nSPS) is 16.1. The van der Waals surface area contributed by atoms with Crippen molar-refractivity contribution in [1.29, 1.82) is 0 Å². The van der Waals surface area contributed by atoms with Crippen LogP contribution in [0.2, 0.25) is 0 Å². The molecule has 1 aromatic rings. The van der Waals surface area contributed by atoms with Crippen molar-refractivity contribution >= 4 is 41.9 Å². The Morgan fingerprint density at radius 3 is 2.34 bits per heavy atom. The van der Waals surface area contributed by atoms with Crippen molar-refractivity contribution in [3.63, 3.8) is 0 Å². The van der Waals surface area contributed by atoms with Gasteiger partial charge < -0.3 is 29.9 Å². The molecule has 0 aromatic heterocycles. The number of hydrogen-bond acceptors (Lipinski definition) is 5. The standard InChI is InChI=1S/C22H33N5O4.HI/c1-3-30-22(29)27-14-12-26(13-15-27)21(23-2)24-11-10-17-4-8-19(9-5-17)31-16-20(28)25-18-6-7-18;/h4-5,8-9,18H,3,6-7,10-16H2,1-2H3,(H,23,24)(H,25,28);1H. The molecule has 32 heavy (non-hydrogen) atoms. The Bertz CT molecular complexity index is 762. The monoisotopic (exact) mass is 559 g/mol. The van der Waals surface area contributed by atoms with Crippen molar-refractivity contribution in [2.75, 3.05) is 53.0 Å². The molecule has 1 heterocycles. The number of hydrogen-bond donors (Lipinski definition) is 2. The zero-order chi connectivity index (χ0) is 22.1. The summed E-state index contributed by atoms with van der Waals surface area (Å²) in [6.07, 6.45) is 2.73. The van der Waals surface area contributed by atoms with Crippen molar-refractivity contribution in [1.82, 2.24) is 20.4 Å². The first-order valence-corrected chi connectivity index (χ1v) is 11.0. The first-order chi connectivity index (χ1) is 15.1. The lowest BCUT2D eigenvalue weighted by atomic mass is 10.1. The van der Waals surface area contributed by atoms with Gasteiger partial charge in [0.15, 0.2) is 12.6 Å². The summed E-state index contributed by atoms with van der Waals surface area (Å²) in [5, 5.41) is 6.30. The van der Waals surface area contributed by atoms with Gasteiger partial charge in [0.25, 0.3) is 5.91 Å². The van der Waals surface area contributed by atoms with Crippen molar-refractivity contribution in [2.24, 2.45) is 4.99 Å². The van der Waals surface area contributed by atoms with Crippen LogP contribution in [0.15, 0.2) is 29.3 Å². The number of halogens is 1. The number of nitrogens with zero attached hydrogens (tertiary/aromatic N) is 3. The second-order valence-electron chi connectivity index (χ2n) is 7.67. The van der Waals surface area contributed by atoms with Gasteiger partial charge in [0.2, 0.25) is 0 Å². The van der Waals surface area contributed by atoms with Crippen LogP contribution < -0.4 is 15.4 Å². The van der Waals surface area contributed by atoms with Crippen LogP contribution >= 0.6 is 24.0 Å². The Hall–Kier alpha value is -2.24. The van der Waals surface area contributed by atoms with E-state index in [9.17, 15) is 9.59 Å². The molecule has 1 saturated carbocycles. The molecule has 1 aliphatic heterocycles. The molecule has 2 fully saturated rings. The van der Waals surface area contributed by atoms with E-state index in [-0.39, 0.29) is 42.6 Å². The van der Waals surface area contributed by atoms with Gasteiger partial charge in [-0.3, -0.25) is 9.79 Å². The fourth-order valence-corrected chi connectivity index (χ4v) is 3.36. The number of amides is 2. The van der Waals surface area contributed by atoms with Gasteiger partial charge in [0, 0.05) is 45.8 Å². The van der Waals surface area contributed by atoms with Gasteiger partial charge in [-0.25, -0.2) is 4.79 Å². The van der Waals surface area contributed by atoms with E-state index in [1.54, 1.807) is 11.9 Å². The topological polar surface area (TPSA) is 95.5 Å². The minimum absolute atomic E-state index is 0. The molecule has 2 aliphatic rings. The lowest BCUT2D eigenvalue weighted by Crippen LogP contribution is -2.54. The summed E-state index contributed by atoms with van der Waals surface area (Å²) in [5.41, 5.74) is 1.17. The van der Waals surface area contributed by atoms with E-state index in [1.165, 1.54) is 5.56 Å². The molecule has 9 nitrogen and oxygen atoms in total. The predicted molar refractivity (Wildman–Crippen MR) is 134 cm³/mol. The van der Waals surface area contributed by atoms with Gasteiger partial charge in [0.05, 0.1) is 6.61 Å². The molecule has 10 heteroatoms. The third kappa shape index (κ3) is 8.36. The summed E-state index contributed by atoms with van der Waals surface area (Å²) in [5.74, 6) is 1.47. The maximum atomic E-state index is 11.8. The van der Waals surface area contributed by atoms with Crippen LogP contribution in [0.4, 0.5) is 4.79 Å². The molecule has 3 rings (SSSR count). The number of carbonyl (C=O) groups is 2. The zero-order valence-electron chi connectivity index (χ0n) is 18.8. The van der Waals surface area contributed by atoms with E-state index >= 15 is 0 Å². The molecule has 1 saturated heterocycles. The van der Waals surface area contributed by atoms with Crippen LogP contribution in [0.5, 0.6) is 5.75 Å². The van der Waals surface area contributed by atoms with E-state index in [0.29, 0.717) is 31.5 Å². The number of rotatable bonds is 8. The highest BCUT2D eigenvalue weighted by molar-refractivity contribution is 14.0. The smallest absolute Gasteiger partial charge is 0.409 e. The lowest BCUT2D eigenvalue weighted by Gasteiger charge is -2.35. The Kier molecular flexibility index (Phi) is 10.8. The molecular formula is C22H34IN5O4. The molecule has 0 bridgehead atoms. The van der Waals surface area contributed by atoms with Crippen molar-refractivity contribution in [3.05, 3.63) is 29.8 Å². The van der Waals surface area contributed by atoms with Gasteiger partial charge in [0.1, 0.15) is 5.75 Å². The van der Waals surface area contributed by atoms with Crippen molar-refractivity contribution in [3.8, 4) is 5.75 Å². The summed E-state index contributed by atoms with van der Waals surface area (Å²) in [7, 11) is 1.77. The number of aliphatic imine (C=N–C) groups is 1. The number of guanidine groups is 1. The number of carbonyl (C=O) groups excluding carboxylic acids is 2. The van der Waals surface area contributed by atoms with Crippen LogP contribution in [-0.2, 0) is 16.0 Å². The average molecular weight is 559 g/mol. The van der Waals surface area contributed by atoms with Gasteiger partial charge in [-0.15, -0.1) is 24.0 Å². The SMILES string of the molecule is CCOC(=O)N1CCN(C(=NC)NCCc2ccc(OCC(=O)NC3CC3)cc2)CC1.I. The highest BCUT2D eigenvalue weighted by atomic mass is 127. The fraction of sp³-hybridized carbons (Fsp3) is 0.591. The van der Waals surface area contributed by atoms with Crippen LogP contribution in [0, 0.1) is 0 Å². The van der Waals surface area contributed by atoms with E-state index in [2.05, 4.69) is 20.5 Å². The highest BCUT2D eigenvalue weighted by Crippen LogP contribution is 2.18. The third-order valence-corrected chi connectivity index (χ3v) is 5.25. The van der Waals surface area contributed by atoms with Crippen molar-refractivity contribution < 1.29 is 19.1 Å². The number of nitrogens with one attached hydrogen (secondary N) is 2. The van der Waals surface area contributed by atoms with E-state index in [1.807, 2.05) is 31.2 Å². The Morgan fingerprint density at radius 1 is 1.09 bits per heavy atom. The highest BCUT2D eigenvalue weighted by Gasteiger charge is 2.24. The molecule has 0 radical (unpaired) electrons. The summed E-state index contributed by atoms with van der Waals surface area (Å²) in [4.78, 5) is 31.8. The van der Waals surface area contributed by atoms with Crippen LogP contribution in [-0.4, -0.2) is 86.8 Å². The predicted octanol–water partition coefficient (Wildman–Crippen LogP) is 1.85. The van der Waals surface area contributed by atoms with Gasteiger partial charge in [-0.1, -0.05) is 12.1 Å². The quantitative estimate of drug-likeness (QED) is 0.287. The summed E-state index contributed by atoms with van der Waals surface area (Å²) < 4.78 is 10.6. The molecule has 0 spiro atoms. The maximum absolute atomic E-state index is 11.8. The molecule has 0 atom stereocenters. The Labute approximate surface area is 206 Å². The molecule has 1 aromatic carbocycles. The van der Waals surface area contributed by atoms with Crippen LogP contribution in [0.1, 0.15) is 25.3 Å². The Morgan fingerprint density at radius 2 is 1.75 bits per heavy atom. The second-order valence-corrected chi connectivity index (χ2v) is 7.67. The maximum Gasteiger partial charge on any atom is 0.409 e. The lowest BCUT2D eigenvalue weighted by molar-refractivity contribution is -0.123. The first-order valence-electron chi connectivity index (χ1n) is 11.0. The van der Waals surface area contributed by atoms with E-state index in [0.717, 1.165) is 44.9 Å². The third-order valence-electron chi connectivity index (χ3n) is 5.25. The van der Waals surface area contributed by atoms with Crippen molar-refractivity contribution in [2.45, 2.75) is 32.2 Å². The number of ether oxygens (including phenoxy) is 2. The van der Waals surface area contributed by atoms with Gasteiger partial charge in [-0.2, -0.15) is 0 Å². The molecule has 0 unspecified atom stereocenters. The average Bonchev–Trinajstić information content (AvgIpc) is 3.60. The minimum Gasteiger partial charge on any atom is -0.484 e. The van der Waals surface area contributed by atoms with E-state index < -0.39 is 0 Å². The Balaban J connectivity index is 0.00000363. The first kappa shape index (κ1) is 26.0. The minimum atomic E-state index is -0.249.